The van der Waals surface area contributed by atoms with E-state index in [4.69, 9.17) is 4.74 Å². The molecule has 1 aromatic heterocycles. The lowest BCUT2D eigenvalue weighted by Crippen LogP contribution is -2.31. The van der Waals surface area contributed by atoms with E-state index < -0.39 is 6.10 Å². The van der Waals surface area contributed by atoms with Gasteiger partial charge in [0.05, 0.1) is 16.8 Å². The van der Waals surface area contributed by atoms with Crippen molar-refractivity contribution < 1.29 is 9.84 Å². The summed E-state index contributed by atoms with van der Waals surface area (Å²) in [5.74, 6) is 0.901. The Morgan fingerprint density at radius 2 is 2.21 bits per heavy atom. The maximum absolute atomic E-state index is 10.3. The number of thiazole rings is 1. The van der Waals surface area contributed by atoms with E-state index in [2.05, 4.69) is 18.0 Å². The predicted molar refractivity (Wildman–Crippen MR) is 75.9 cm³/mol. The Morgan fingerprint density at radius 3 is 2.89 bits per heavy atom. The van der Waals surface area contributed by atoms with Gasteiger partial charge in [-0.1, -0.05) is 18.2 Å². The van der Waals surface area contributed by atoms with Crippen LogP contribution in [0, 0.1) is 13.8 Å². The summed E-state index contributed by atoms with van der Waals surface area (Å²) in [7, 11) is 0. The average Bonchev–Trinajstić information content (AvgIpc) is 2.93. The SMILES string of the molecule is Cc1nc(CC(O)C2Cc3ccccc3O2)sc1C. The number of hydrogen-bond donors (Lipinski definition) is 1. The molecule has 1 aromatic carbocycles. The van der Waals surface area contributed by atoms with Crippen LogP contribution in [0.25, 0.3) is 0 Å². The first-order valence-corrected chi connectivity index (χ1v) is 7.30. The summed E-state index contributed by atoms with van der Waals surface area (Å²) < 4.78 is 5.80. The highest BCUT2D eigenvalue weighted by atomic mass is 32.1. The minimum atomic E-state index is -0.502. The molecule has 0 bridgehead atoms. The van der Waals surface area contributed by atoms with Crippen LogP contribution in [-0.4, -0.2) is 22.3 Å². The Kier molecular flexibility index (Phi) is 3.29. The fourth-order valence-corrected chi connectivity index (χ4v) is 3.34. The smallest absolute Gasteiger partial charge is 0.129 e. The van der Waals surface area contributed by atoms with Gasteiger partial charge < -0.3 is 9.84 Å². The number of fused-ring (bicyclic) bond motifs is 1. The molecule has 2 aromatic rings. The molecule has 19 heavy (non-hydrogen) atoms. The average molecular weight is 275 g/mol. The monoisotopic (exact) mass is 275 g/mol. The van der Waals surface area contributed by atoms with Gasteiger partial charge in [0.1, 0.15) is 11.9 Å². The first kappa shape index (κ1) is 12.6. The summed E-state index contributed by atoms with van der Waals surface area (Å²) >= 11 is 1.66. The van der Waals surface area contributed by atoms with Gasteiger partial charge in [-0.25, -0.2) is 4.98 Å². The van der Waals surface area contributed by atoms with Crippen molar-refractivity contribution in [2.45, 2.75) is 38.9 Å². The second-order valence-corrected chi connectivity index (χ2v) is 6.28. The van der Waals surface area contributed by atoms with Crippen LogP contribution in [0.1, 0.15) is 21.1 Å². The van der Waals surface area contributed by atoms with Gasteiger partial charge in [-0.3, -0.25) is 0 Å². The molecule has 3 nitrogen and oxygen atoms in total. The van der Waals surface area contributed by atoms with Crippen molar-refractivity contribution in [1.82, 2.24) is 4.98 Å². The van der Waals surface area contributed by atoms with Gasteiger partial charge in [-0.05, 0) is 25.5 Å². The normalized spacial score (nSPS) is 19.0. The van der Waals surface area contributed by atoms with Crippen molar-refractivity contribution >= 4 is 11.3 Å². The van der Waals surface area contributed by atoms with Crippen molar-refractivity contribution in [1.29, 1.82) is 0 Å². The fourth-order valence-electron chi connectivity index (χ4n) is 2.36. The van der Waals surface area contributed by atoms with Crippen molar-refractivity contribution in [3.05, 3.63) is 45.4 Å². The van der Waals surface area contributed by atoms with E-state index in [9.17, 15) is 5.11 Å². The Bertz CT molecular complexity index is 549. The van der Waals surface area contributed by atoms with E-state index in [0.717, 1.165) is 22.9 Å². The third kappa shape index (κ3) is 2.51. The zero-order chi connectivity index (χ0) is 13.4. The number of aryl methyl sites for hydroxylation is 2. The first-order chi connectivity index (χ1) is 9.13. The molecule has 1 aliphatic heterocycles. The van der Waals surface area contributed by atoms with Crippen LogP contribution in [0.3, 0.4) is 0 Å². The molecule has 0 fully saturated rings. The molecular weight excluding hydrogens is 258 g/mol. The molecule has 100 valence electrons. The lowest BCUT2D eigenvalue weighted by atomic mass is 10.0. The summed E-state index contributed by atoms with van der Waals surface area (Å²) in [6.07, 6.45) is 0.692. The molecule has 2 heterocycles. The Morgan fingerprint density at radius 1 is 1.42 bits per heavy atom. The third-order valence-electron chi connectivity index (χ3n) is 3.56. The lowest BCUT2D eigenvalue weighted by molar-refractivity contribution is 0.0502. The summed E-state index contributed by atoms with van der Waals surface area (Å²) in [4.78, 5) is 5.69. The summed E-state index contributed by atoms with van der Waals surface area (Å²) in [6.45, 7) is 4.06. The van der Waals surface area contributed by atoms with E-state index in [0.29, 0.717) is 6.42 Å². The van der Waals surface area contributed by atoms with Gasteiger partial charge in [-0.15, -0.1) is 11.3 Å². The number of nitrogens with zero attached hydrogens (tertiary/aromatic N) is 1. The molecular formula is C15H17NO2S. The van der Waals surface area contributed by atoms with Crippen molar-refractivity contribution in [2.24, 2.45) is 0 Å². The second-order valence-electron chi connectivity index (χ2n) is 4.99. The molecule has 2 unspecified atom stereocenters. The minimum absolute atomic E-state index is 0.151. The molecule has 1 N–H and O–H groups in total. The van der Waals surface area contributed by atoms with Crippen LogP contribution in [0.15, 0.2) is 24.3 Å². The number of aromatic nitrogens is 1. The van der Waals surface area contributed by atoms with E-state index in [1.807, 2.05) is 25.1 Å². The maximum atomic E-state index is 10.3. The highest BCUT2D eigenvalue weighted by Gasteiger charge is 2.29. The number of hydrogen-bond acceptors (Lipinski definition) is 4. The van der Waals surface area contributed by atoms with Gasteiger partial charge in [-0.2, -0.15) is 0 Å². The maximum Gasteiger partial charge on any atom is 0.129 e. The van der Waals surface area contributed by atoms with Crippen LogP contribution in [0.4, 0.5) is 0 Å². The molecule has 0 amide bonds. The van der Waals surface area contributed by atoms with Crippen LogP contribution in [0.5, 0.6) is 5.75 Å². The first-order valence-electron chi connectivity index (χ1n) is 6.49. The zero-order valence-electron chi connectivity index (χ0n) is 11.1. The molecule has 2 atom stereocenters. The molecule has 0 saturated heterocycles. The predicted octanol–water partition coefficient (Wildman–Crippen LogP) is 2.67. The molecule has 0 radical (unpaired) electrons. The van der Waals surface area contributed by atoms with Gasteiger partial charge in [0, 0.05) is 17.7 Å². The third-order valence-corrected chi connectivity index (χ3v) is 4.65. The standard InChI is InChI=1S/C15H17NO2S/c1-9-10(2)19-15(16-9)8-12(17)14-7-11-5-3-4-6-13(11)18-14/h3-6,12,14,17H,7-8H2,1-2H3. The van der Waals surface area contributed by atoms with E-state index in [1.54, 1.807) is 11.3 Å². The number of aliphatic hydroxyl groups is 1. The largest absolute Gasteiger partial charge is 0.487 e. The van der Waals surface area contributed by atoms with Crippen LogP contribution < -0.4 is 4.74 Å². The molecule has 4 heteroatoms. The highest BCUT2D eigenvalue weighted by Crippen LogP contribution is 2.30. The van der Waals surface area contributed by atoms with Crippen molar-refractivity contribution in [2.75, 3.05) is 0 Å². The van der Waals surface area contributed by atoms with E-state index in [1.165, 1.54) is 10.4 Å². The van der Waals surface area contributed by atoms with Crippen molar-refractivity contribution in [3.63, 3.8) is 0 Å². The molecule has 0 spiro atoms. The summed E-state index contributed by atoms with van der Waals surface area (Å²) in [6, 6.07) is 7.98. The number of benzene rings is 1. The van der Waals surface area contributed by atoms with Gasteiger partial charge in [0.25, 0.3) is 0 Å². The highest BCUT2D eigenvalue weighted by molar-refractivity contribution is 7.11. The molecule has 3 rings (SSSR count). The topological polar surface area (TPSA) is 42.4 Å². The number of para-hydroxylation sites is 1. The molecule has 0 aliphatic carbocycles. The molecule has 1 aliphatic rings. The Labute approximate surface area is 116 Å². The Hall–Kier alpha value is -1.39. The van der Waals surface area contributed by atoms with Gasteiger partial charge >= 0.3 is 0 Å². The Balaban J connectivity index is 1.68. The molecule has 0 saturated carbocycles. The quantitative estimate of drug-likeness (QED) is 0.936. The van der Waals surface area contributed by atoms with Crippen LogP contribution in [-0.2, 0) is 12.8 Å². The summed E-state index contributed by atoms with van der Waals surface area (Å²) in [5.41, 5.74) is 2.24. The van der Waals surface area contributed by atoms with Crippen molar-refractivity contribution in [3.8, 4) is 5.75 Å². The van der Waals surface area contributed by atoms with E-state index in [-0.39, 0.29) is 6.10 Å². The van der Waals surface area contributed by atoms with Gasteiger partial charge in [0.2, 0.25) is 0 Å². The van der Waals surface area contributed by atoms with E-state index >= 15 is 0 Å². The lowest BCUT2D eigenvalue weighted by Gasteiger charge is -2.16. The summed E-state index contributed by atoms with van der Waals surface area (Å²) in [5, 5.41) is 11.3. The second kappa shape index (κ2) is 4.94. The van der Waals surface area contributed by atoms with Crippen LogP contribution >= 0.6 is 11.3 Å². The number of rotatable bonds is 3. The van der Waals surface area contributed by atoms with Gasteiger partial charge in [0.15, 0.2) is 0 Å². The number of ether oxygens (including phenoxy) is 1. The fraction of sp³-hybridized carbons (Fsp3) is 0.400. The minimum Gasteiger partial charge on any atom is -0.487 e. The zero-order valence-corrected chi connectivity index (χ0v) is 11.9. The van der Waals surface area contributed by atoms with Crippen LogP contribution in [0.2, 0.25) is 0 Å². The number of aliphatic hydroxyl groups excluding tert-OH is 1.